The van der Waals surface area contributed by atoms with E-state index in [1.807, 2.05) is 4.90 Å². The van der Waals surface area contributed by atoms with Gasteiger partial charge in [0.05, 0.1) is 0 Å². The van der Waals surface area contributed by atoms with E-state index in [9.17, 15) is 9.59 Å². The first-order chi connectivity index (χ1) is 11.0. The molecule has 1 fully saturated rings. The number of aliphatic hydroxyl groups excluding tert-OH is 1. The van der Waals surface area contributed by atoms with Crippen LogP contribution in [0, 0.1) is 0 Å². The van der Waals surface area contributed by atoms with Crippen LogP contribution >= 0.6 is 0 Å². The van der Waals surface area contributed by atoms with Crippen LogP contribution < -0.4 is 5.32 Å². The number of nitrogens with zero attached hydrogens (tertiary/aromatic N) is 1. The fraction of sp³-hybridized carbons (Fsp3) is 0.444. The molecule has 124 valence electrons. The summed E-state index contributed by atoms with van der Waals surface area (Å²) in [4.78, 5) is 26.2. The van der Waals surface area contributed by atoms with E-state index in [1.165, 1.54) is 6.08 Å². The third kappa shape index (κ3) is 3.99. The Morgan fingerprint density at radius 3 is 2.96 bits per heavy atom. The highest BCUT2D eigenvalue weighted by Crippen LogP contribution is 2.34. The van der Waals surface area contributed by atoms with Gasteiger partial charge in [0.2, 0.25) is 5.91 Å². The number of nitrogens with one attached hydrogen (secondary N) is 1. The Kier molecular flexibility index (Phi) is 5.55. The fourth-order valence-corrected chi connectivity index (χ4v) is 3.17. The third-order valence-corrected chi connectivity index (χ3v) is 4.43. The van der Waals surface area contributed by atoms with Crippen LogP contribution in [0.25, 0.3) is 0 Å². The molecule has 0 aliphatic carbocycles. The second-order valence-electron chi connectivity index (χ2n) is 6.16. The molecule has 2 amide bonds. The Labute approximate surface area is 137 Å². The smallest absolute Gasteiger partial charge is 0.254 e. The van der Waals surface area contributed by atoms with Crippen molar-refractivity contribution in [1.29, 1.82) is 0 Å². The van der Waals surface area contributed by atoms with Crippen LogP contribution in [0.2, 0.25) is 0 Å². The molecule has 5 heteroatoms. The van der Waals surface area contributed by atoms with Crippen molar-refractivity contribution in [2.24, 2.45) is 0 Å². The first-order valence-electron chi connectivity index (χ1n) is 7.96. The number of carbonyl (C=O) groups is 2. The summed E-state index contributed by atoms with van der Waals surface area (Å²) >= 11 is 0. The van der Waals surface area contributed by atoms with E-state index in [1.54, 1.807) is 24.3 Å². The van der Waals surface area contributed by atoms with Gasteiger partial charge in [0.1, 0.15) is 0 Å². The van der Waals surface area contributed by atoms with Crippen LogP contribution in [-0.2, 0) is 4.79 Å². The maximum absolute atomic E-state index is 12.9. The summed E-state index contributed by atoms with van der Waals surface area (Å²) in [6, 6.07) is 6.95. The minimum atomic E-state index is -0.302. The molecular weight excluding hydrogens is 292 g/mol. The Balaban J connectivity index is 2.17. The van der Waals surface area contributed by atoms with Gasteiger partial charge in [-0.1, -0.05) is 12.6 Å². The Morgan fingerprint density at radius 2 is 2.26 bits per heavy atom. The number of amides is 2. The standard InChI is InChI=1S/C18H24N2O3/c1-3-16(22)19-15-8-4-7-14(13-15)17(23)20-11-5-9-18(20,2)10-6-12-21/h3-4,7-8,13,21H,1,5-6,9-12H2,2H3,(H,19,22). The summed E-state index contributed by atoms with van der Waals surface area (Å²) in [5.41, 5.74) is 0.932. The number of carbonyl (C=O) groups excluding carboxylic acids is 2. The number of anilines is 1. The lowest BCUT2D eigenvalue weighted by atomic mass is 9.92. The van der Waals surface area contributed by atoms with Crippen molar-refractivity contribution in [2.75, 3.05) is 18.5 Å². The van der Waals surface area contributed by atoms with Gasteiger partial charge in [-0.3, -0.25) is 9.59 Å². The second-order valence-corrected chi connectivity index (χ2v) is 6.16. The molecule has 1 unspecified atom stereocenters. The van der Waals surface area contributed by atoms with E-state index < -0.39 is 0 Å². The molecule has 1 aromatic rings. The topological polar surface area (TPSA) is 69.6 Å². The van der Waals surface area contributed by atoms with Crippen LogP contribution in [0.3, 0.4) is 0 Å². The zero-order chi connectivity index (χ0) is 16.9. The molecule has 1 atom stereocenters. The summed E-state index contributed by atoms with van der Waals surface area (Å²) in [6.07, 6.45) is 4.60. The lowest BCUT2D eigenvalue weighted by Crippen LogP contribution is -2.45. The molecule has 0 spiro atoms. The van der Waals surface area contributed by atoms with Gasteiger partial charge in [0.15, 0.2) is 0 Å². The average molecular weight is 316 g/mol. The van der Waals surface area contributed by atoms with Gasteiger partial charge in [-0.2, -0.15) is 0 Å². The minimum Gasteiger partial charge on any atom is -0.396 e. The predicted molar refractivity (Wildman–Crippen MR) is 90.3 cm³/mol. The lowest BCUT2D eigenvalue weighted by Gasteiger charge is -2.35. The van der Waals surface area contributed by atoms with E-state index in [0.717, 1.165) is 25.8 Å². The molecule has 1 aliphatic rings. The molecule has 1 aliphatic heterocycles. The van der Waals surface area contributed by atoms with E-state index in [0.29, 0.717) is 17.7 Å². The molecule has 23 heavy (non-hydrogen) atoms. The summed E-state index contributed by atoms with van der Waals surface area (Å²) < 4.78 is 0. The number of hydrogen-bond acceptors (Lipinski definition) is 3. The van der Waals surface area contributed by atoms with Gasteiger partial charge in [0, 0.05) is 29.9 Å². The highest BCUT2D eigenvalue weighted by Gasteiger charge is 2.39. The Hall–Kier alpha value is -2.14. The van der Waals surface area contributed by atoms with Gasteiger partial charge >= 0.3 is 0 Å². The summed E-state index contributed by atoms with van der Waals surface area (Å²) in [5, 5.41) is 11.7. The second kappa shape index (κ2) is 7.42. The highest BCUT2D eigenvalue weighted by molar-refractivity contribution is 6.01. The normalized spacial score (nSPS) is 20.3. The van der Waals surface area contributed by atoms with Crippen molar-refractivity contribution in [3.63, 3.8) is 0 Å². The van der Waals surface area contributed by atoms with Crippen molar-refractivity contribution in [3.05, 3.63) is 42.5 Å². The Morgan fingerprint density at radius 1 is 1.48 bits per heavy atom. The van der Waals surface area contributed by atoms with Crippen LogP contribution in [0.1, 0.15) is 43.0 Å². The van der Waals surface area contributed by atoms with Crippen molar-refractivity contribution in [3.8, 4) is 0 Å². The van der Waals surface area contributed by atoms with Crippen LogP contribution in [-0.4, -0.2) is 40.5 Å². The van der Waals surface area contributed by atoms with E-state index >= 15 is 0 Å². The number of likely N-dealkylation sites (tertiary alicyclic amines) is 1. The predicted octanol–water partition coefficient (Wildman–Crippen LogP) is 2.58. The zero-order valence-electron chi connectivity index (χ0n) is 13.5. The van der Waals surface area contributed by atoms with Crippen molar-refractivity contribution in [1.82, 2.24) is 4.90 Å². The molecule has 1 saturated heterocycles. The van der Waals surface area contributed by atoms with Crippen LogP contribution in [0.5, 0.6) is 0 Å². The van der Waals surface area contributed by atoms with E-state index in [-0.39, 0.29) is 24.0 Å². The van der Waals surface area contributed by atoms with Gasteiger partial charge in [-0.25, -0.2) is 0 Å². The molecular formula is C18H24N2O3. The molecule has 1 heterocycles. The van der Waals surface area contributed by atoms with E-state index in [4.69, 9.17) is 5.11 Å². The maximum Gasteiger partial charge on any atom is 0.254 e. The molecule has 0 bridgehead atoms. The minimum absolute atomic E-state index is 0.0300. The summed E-state index contributed by atoms with van der Waals surface area (Å²) in [7, 11) is 0. The SMILES string of the molecule is C=CC(=O)Nc1cccc(C(=O)N2CCCC2(C)CCCO)c1. The van der Waals surface area contributed by atoms with E-state index in [2.05, 4.69) is 18.8 Å². The molecule has 0 aromatic heterocycles. The first-order valence-corrected chi connectivity index (χ1v) is 7.96. The van der Waals surface area contributed by atoms with Crippen molar-refractivity contribution in [2.45, 2.75) is 38.1 Å². The average Bonchev–Trinajstić information content (AvgIpc) is 2.94. The first kappa shape index (κ1) is 17.2. The Bertz CT molecular complexity index is 600. The van der Waals surface area contributed by atoms with Gasteiger partial charge in [-0.15, -0.1) is 0 Å². The lowest BCUT2D eigenvalue weighted by molar-refractivity contribution is -0.111. The number of rotatable bonds is 6. The number of hydrogen-bond donors (Lipinski definition) is 2. The van der Waals surface area contributed by atoms with Crippen LogP contribution in [0.4, 0.5) is 5.69 Å². The summed E-state index contributed by atoms with van der Waals surface area (Å²) in [6.45, 7) is 6.36. The summed E-state index contributed by atoms with van der Waals surface area (Å²) in [5.74, 6) is -0.332. The fourth-order valence-electron chi connectivity index (χ4n) is 3.17. The molecule has 0 saturated carbocycles. The third-order valence-electron chi connectivity index (χ3n) is 4.43. The van der Waals surface area contributed by atoms with Crippen LogP contribution in [0.15, 0.2) is 36.9 Å². The number of aliphatic hydroxyl groups is 1. The van der Waals surface area contributed by atoms with Gasteiger partial charge in [-0.05, 0) is 56.9 Å². The maximum atomic E-state index is 12.9. The largest absolute Gasteiger partial charge is 0.396 e. The quantitative estimate of drug-likeness (QED) is 0.793. The molecule has 2 rings (SSSR count). The molecule has 5 nitrogen and oxygen atoms in total. The van der Waals surface area contributed by atoms with Gasteiger partial charge in [0.25, 0.3) is 5.91 Å². The van der Waals surface area contributed by atoms with Crippen molar-refractivity contribution < 1.29 is 14.7 Å². The van der Waals surface area contributed by atoms with Crippen molar-refractivity contribution >= 4 is 17.5 Å². The zero-order valence-corrected chi connectivity index (χ0v) is 13.5. The molecule has 1 aromatic carbocycles. The highest BCUT2D eigenvalue weighted by atomic mass is 16.3. The number of benzene rings is 1. The van der Waals surface area contributed by atoms with Gasteiger partial charge < -0.3 is 15.3 Å². The molecule has 0 radical (unpaired) electrons. The monoisotopic (exact) mass is 316 g/mol. The molecule has 2 N–H and O–H groups in total.